The molecule has 0 fully saturated rings. The van der Waals surface area contributed by atoms with Crippen LogP contribution in [0.2, 0.25) is 0 Å². The molecule has 1 aromatic heterocycles. The third-order valence-corrected chi connectivity index (χ3v) is 2.76. The van der Waals surface area contributed by atoms with Gasteiger partial charge in [-0.3, -0.25) is 0 Å². The van der Waals surface area contributed by atoms with Gasteiger partial charge in [-0.25, -0.2) is 14.2 Å². The van der Waals surface area contributed by atoms with Crippen molar-refractivity contribution in [2.24, 2.45) is 4.99 Å². The number of furan rings is 1. The first-order valence-electron chi connectivity index (χ1n) is 6.00. The number of halogens is 1. The van der Waals surface area contributed by atoms with E-state index in [1.807, 2.05) is 0 Å². The molecule has 0 atom stereocenters. The molecule has 0 spiro atoms. The van der Waals surface area contributed by atoms with Crippen molar-refractivity contribution in [1.82, 2.24) is 0 Å². The summed E-state index contributed by atoms with van der Waals surface area (Å²) in [7, 11) is 0. The smallest absolute Gasteiger partial charge is 0.363 e. The Balaban J connectivity index is 1.78. The van der Waals surface area contributed by atoms with Gasteiger partial charge in [0.2, 0.25) is 5.90 Å². The van der Waals surface area contributed by atoms with Gasteiger partial charge in [0.05, 0.1) is 6.26 Å². The number of ether oxygens (including phenoxy) is 1. The van der Waals surface area contributed by atoms with Crippen molar-refractivity contribution in [2.45, 2.75) is 6.42 Å². The largest absolute Gasteiger partial charge is 0.465 e. The fourth-order valence-corrected chi connectivity index (χ4v) is 1.81. The molecule has 20 heavy (non-hydrogen) atoms. The van der Waals surface area contributed by atoms with Crippen LogP contribution in [0.25, 0.3) is 6.08 Å². The van der Waals surface area contributed by atoms with E-state index in [1.165, 1.54) is 24.5 Å². The van der Waals surface area contributed by atoms with Gasteiger partial charge in [0.25, 0.3) is 0 Å². The van der Waals surface area contributed by atoms with E-state index in [4.69, 9.17) is 9.15 Å². The number of esters is 1. The predicted octanol–water partition coefficient (Wildman–Crippen LogP) is 2.96. The number of cyclic esters (lactones) is 1. The summed E-state index contributed by atoms with van der Waals surface area (Å²) in [4.78, 5) is 15.8. The first kappa shape index (κ1) is 12.3. The molecule has 0 aliphatic carbocycles. The molecule has 0 amide bonds. The Morgan fingerprint density at radius 1 is 1.20 bits per heavy atom. The molecule has 100 valence electrons. The van der Waals surface area contributed by atoms with Gasteiger partial charge in [-0.05, 0) is 29.8 Å². The molecule has 2 aromatic rings. The molecule has 1 aliphatic heterocycles. The second kappa shape index (κ2) is 5.13. The van der Waals surface area contributed by atoms with Crippen LogP contribution < -0.4 is 0 Å². The summed E-state index contributed by atoms with van der Waals surface area (Å²) in [5, 5.41) is 0. The van der Waals surface area contributed by atoms with Gasteiger partial charge in [0.1, 0.15) is 11.6 Å². The minimum Gasteiger partial charge on any atom is -0.465 e. The van der Waals surface area contributed by atoms with E-state index < -0.39 is 5.97 Å². The monoisotopic (exact) mass is 271 g/mol. The summed E-state index contributed by atoms with van der Waals surface area (Å²) in [5.74, 6) is -0.000771. The van der Waals surface area contributed by atoms with E-state index in [0.717, 1.165) is 5.56 Å². The summed E-state index contributed by atoms with van der Waals surface area (Å²) in [6.07, 6.45) is 3.36. The number of benzene rings is 1. The molecule has 0 saturated heterocycles. The minimum absolute atomic E-state index is 0.192. The minimum atomic E-state index is -0.515. The van der Waals surface area contributed by atoms with Crippen LogP contribution in [0.15, 0.2) is 57.8 Å². The average Bonchev–Trinajstić information content (AvgIpc) is 3.04. The lowest BCUT2D eigenvalue weighted by molar-refractivity contribution is -0.130. The third kappa shape index (κ3) is 2.66. The zero-order valence-electron chi connectivity index (χ0n) is 10.4. The van der Waals surface area contributed by atoms with Crippen molar-refractivity contribution >= 4 is 17.9 Å². The van der Waals surface area contributed by atoms with E-state index in [2.05, 4.69) is 4.99 Å². The van der Waals surface area contributed by atoms with Crippen LogP contribution in [-0.4, -0.2) is 11.9 Å². The van der Waals surface area contributed by atoms with Crippen LogP contribution in [0.4, 0.5) is 4.39 Å². The van der Waals surface area contributed by atoms with Gasteiger partial charge < -0.3 is 9.15 Å². The molecule has 5 heteroatoms. The predicted molar refractivity (Wildman–Crippen MR) is 70.3 cm³/mol. The fraction of sp³-hybridized carbons (Fsp3) is 0.0667. The lowest BCUT2D eigenvalue weighted by Crippen LogP contribution is -2.06. The Morgan fingerprint density at radius 3 is 2.70 bits per heavy atom. The highest BCUT2D eigenvalue weighted by Crippen LogP contribution is 2.17. The zero-order valence-corrected chi connectivity index (χ0v) is 10.4. The SMILES string of the molecule is O=C1OC(Cc2ccc(F)cc2)=N/C1=C/c1ccco1. The van der Waals surface area contributed by atoms with Crippen LogP contribution in [-0.2, 0) is 16.0 Å². The van der Waals surface area contributed by atoms with Gasteiger partial charge in [-0.1, -0.05) is 12.1 Å². The lowest BCUT2D eigenvalue weighted by atomic mass is 10.1. The highest BCUT2D eigenvalue weighted by molar-refractivity contribution is 6.07. The van der Waals surface area contributed by atoms with Crippen LogP contribution >= 0.6 is 0 Å². The summed E-state index contributed by atoms with van der Waals surface area (Å²) in [5.41, 5.74) is 1.01. The topological polar surface area (TPSA) is 51.8 Å². The van der Waals surface area contributed by atoms with Crippen molar-refractivity contribution in [3.05, 3.63) is 65.5 Å². The summed E-state index contributed by atoms with van der Waals surface area (Å²) >= 11 is 0. The van der Waals surface area contributed by atoms with Gasteiger partial charge in [0.15, 0.2) is 5.70 Å². The highest BCUT2D eigenvalue weighted by atomic mass is 19.1. The van der Waals surface area contributed by atoms with Crippen LogP contribution in [0.1, 0.15) is 11.3 Å². The number of hydrogen-bond donors (Lipinski definition) is 0. The van der Waals surface area contributed by atoms with Gasteiger partial charge in [-0.15, -0.1) is 0 Å². The molecule has 0 saturated carbocycles. The Labute approximate surface area is 114 Å². The summed E-state index contributed by atoms with van der Waals surface area (Å²) in [6, 6.07) is 9.39. The van der Waals surface area contributed by atoms with Crippen molar-refractivity contribution < 1.29 is 18.3 Å². The molecule has 1 aromatic carbocycles. The van der Waals surface area contributed by atoms with Crippen molar-refractivity contribution in [2.75, 3.05) is 0 Å². The average molecular weight is 271 g/mol. The summed E-state index contributed by atoms with van der Waals surface area (Å²) < 4.78 is 23.0. The first-order valence-corrected chi connectivity index (χ1v) is 6.00. The fourth-order valence-electron chi connectivity index (χ4n) is 1.81. The standard InChI is InChI=1S/C15H10FNO3/c16-11-5-3-10(4-6-11)8-14-17-13(15(18)20-14)9-12-2-1-7-19-12/h1-7,9H,8H2/b13-9+. The summed E-state index contributed by atoms with van der Waals surface area (Å²) in [6.45, 7) is 0. The first-order chi connectivity index (χ1) is 9.70. The Hall–Kier alpha value is -2.69. The molecule has 3 rings (SSSR count). The van der Waals surface area contributed by atoms with Crippen LogP contribution in [0.3, 0.4) is 0 Å². The van der Waals surface area contributed by atoms with Crippen molar-refractivity contribution in [1.29, 1.82) is 0 Å². The maximum atomic E-state index is 12.8. The maximum absolute atomic E-state index is 12.8. The normalized spacial score (nSPS) is 16.4. The molecule has 1 aliphatic rings. The van der Waals surface area contributed by atoms with E-state index in [1.54, 1.807) is 24.3 Å². The Kier molecular flexibility index (Phi) is 3.16. The van der Waals surface area contributed by atoms with Gasteiger partial charge in [0, 0.05) is 12.5 Å². The zero-order chi connectivity index (χ0) is 13.9. The third-order valence-electron chi connectivity index (χ3n) is 2.76. The quantitative estimate of drug-likeness (QED) is 0.637. The molecule has 2 heterocycles. The van der Waals surface area contributed by atoms with E-state index >= 15 is 0 Å². The molecule has 0 radical (unpaired) electrons. The Bertz CT molecular complexity index is 684. The maximum Gasteiger partial charge on any atom is 0.363 e. The molecular formula is C15H10FNO3. The molecule has 0 bridgehead atoms. The second-order valence-corrected chi connectivity index (χ2v) is 4.24. The molecular weight excluding hydrogens is 261 g/mol. The second-order valence-electron chi connectivity index (χ2n) is 4.24. The van der Waals surface area contributed by atoms with Crippen LogP contribution in [0.5, 0.6) is 0 Å². The van der Waals surface area contributed by atoms with Gasteiger partial charge in [-0.2, -0.15) is 0 Å². The van der Waals surface area contributed by atoms with Crippen LogP contribution in [0, 0.1) is 5.82 Å². The number of aliphatic imine (C=N–C) groups is 1. The van der Waals surface area contributed by atoms with Crippen molar-refractivity contribution in [3.63, 3.8) is 0 Å². The molecule has 0 N–H and O–H groups in total. The van der Waals surface area contributed by atoms with Crippen molar-refractivity contribution in [3.8, 4) is 0 Å². The van der Waals surface area contributed by atoms with Gasteiger partial charge >= 0.3 is 5.97 Å². The lowest BCUT2D eigenvalue weighted by Gasteiger charge is -1.99. The molecule has 4 nitrogen and oxygen atoms in total. The molecule has 0 unspecified atom stereocenters. The van der Waals surface area contributed by atoms with E-state index in [0.29, 0.717) is 18.1 Å². The number of hydrogen-bond acceptors (Lipinski definition) is 4. The number of carbonyl (C=O) groups is 1. The van der Waals surface area contributed by atoms with E-state index in [9.17, 15) is 9.18 Å². The Morgan fingerprint density at radius 2 is 2.00 bits per heavy atom. The van der Waals surface area contributed by atoms with E-state index in [-0.39, 0.29) is 11.5 Å². The number of nitrogens with zero attached hydrogens (tertiary/aromatic N) is 1. The number of carbonyl (C=O) groups excluding carboxylic acids is 1. The number of rotatable bonds is 3. The highest BCUT2D eigenvalue weighted by Gasteiger charge is 2.23.